The average Bonchev–Trinajstić information content (AvgIpc) is 3.24. The summed E-state index contributed by atoms with van der Waals surface area (Å²) in [4.78, 5) is 24.8. The van der Waals surface area contributed by atoms with Crippen LogP contribution < -0.4 is 21.3 Å². The van der Waals surface area contributed by atoms with E-state index in [-0.39, 0.29) is 11.8 Å². The third-order valence-electron chi connectivity index (χ3n) is 7.32. The van der Waals surface area contributed by atoms with Crippen molar-refractivity contribution in [2.45, 2.75) is 64.0 Å². The number of rotatable bonds is 5. The van der Waals surface area contributed by atoms with E-state index in [1.807, 2.05) is 31.3 Å². The number of H-pyrrole nitrogens is 1. The predicted octanol–water partition coefficient (Wildman–Crippen LogP) is 3.70. The van der Waals surface area contributed by atoms with Crippen molar-refractivity contribution in [3.8, 4) is 11.3 Å². The van der Waals surface area contributed by atoms with Gasteiger partial charge >= 0.3 is 0 Å². The Balaban J connectivity index is 1.40. The molecule has 0 spiro atoms. The smallest absolute Gasteiger partial charge is 0.225 e. The number of anilines is 3. The summed E-state index contributed by atoms with van der Waals surface area (Å²) in [7, 11) is 1.82. The zero-order valence-corrected chi connectivity index (χ0v) is 20.0. The van der Waals surface area contributed by atoms with Crippen molar-refractivity contribution in [2.24, 2.45) is 5.92 Å². The van der Waals surface area contributed by atoms with E-state index in [0.29, 0.717) is 30.4 Å². The monoisotopic (exact) mass is 462 g/mol. The fraction of sp³-hybridized carbons (Fsp3) is 0.520. The van der Waals surface area contributed by atoms with Gasteiger partial charge in [0.2, 0.25) is 11.9 Å². The second kappa shape index (κ2) is 9.48. The molecule has 2 aromatic heterocycles. The summed E-state index contributed by atoms with van der Waals surface area (Å²) >= 11 is 0. The summed E-state index contributed by atoms with van der Waals surface area (Å²) in [5.41, 5.74) is 8.56. The number of aromatic nitrogens is 4. The van der Waals surface area contributed by atoms with Crippen molar-refractivity contribution in [2.75, 3.05) is 29.5 Å². The molecule has 1 saturated carbocycles. The zero-order valence-electron chi connectivity index (χ0n) is 20.0. The van der Waals surface area contributed by atoms with E-state index >= 15 is 0 Å². The third kappa shape index (κ3) is 4.51. The normalized spacial score (nSPS) is 21.5. The molecule has 1 saturated heterocycles. The first-order valence-electron chi connectivity index (χ1n) is 12.4. The topological polar surface area (TPSA) is 125 Å². The summed E-state index contributed by atoms with van der Waals surface area (Å²) in [6.07, 6.45) is 7.78. The Labute approximate surface area is 199 Å². The molecule has 1 aliphatic heterocycles. The third-order valence-corrected chi connectivity index (χ3v) is 7.32. The minimum Gasteiger partial charge on any atom is -0.382 e. The second-order valence-corrected chi connectivity index (χ2v) is 9.67. The fourth-order valence-electron chi connectivity index (χ4n) is 5.25. The molecular weight excluding hydrogens is 428 g/mol. The lowest BCUT2D eigenvalue weighted by Gasteiger charge is -2.39. The molecule has 1 aliphatic carbocycles. The summed E-state index contributed by atoms with van der Waals surface area (Å²) in [6.45, 7) is 2.87. The Kier molecular flexibility index (Phi) is 6.26. The van der Waals surface area contributed by atoms with Gasteiger partial charge in [-0.25, -0.2) is 4.98 Å². The maximum Gasteiger partial charge on any atom is 0.225 e. The predicted molar refractivity (Wildman–Crippen MR) is 136 cm³/mol. The number of aromatic amines is 1. The molecule has 34 heavy (non-hydrogen) atoms. The molecule has 5 N–H and O–H groups in total. The molecule has 180 valence electrons. The fourth-order valence-corrected chi connectivity index (χ4v) is 5.25. The highest BCUT2D eigenvalue weighted by molar-refractivity contribution is 5.91. The van der Waals surface area contributed by atoms with Crippen molar-refractivity contribution in [3.05, 3.63) is 24.3 Å². The number of benzene rings is 1. The zero-order chi connectivity index (χ0) is 23.7. The van der Waals surface area contributed by atoms with E-state index in [1.54, 1.807) is 0 Å². The molecule has 9 heteroatoms. The van der Waals surface area contributed by atoms with Crippen LogP contribution in [0.3, 0.4) is 0 Å². The highest BCUT2D eigenvalue weighted by Gasteiger charge is 2.32. The van der Waals surface area contributed by atoms with E-state index in [1.165, 1.54) is 19.3 Å². The number of carbonyl (C=O) groups is 1. The molecule has 9 nitrogen and oxygen atoms in total. The van der Waals surface area contributed by atoms with E-state index in [4.69, 9.17) is 15.7 Å². The highest BCUT2D eigenvalue weighted by atomic mass is 16.2. The van der Waals surface area contributed by atoms with Crippen molar-refractivity contribution in [1.82, 2.24) is 25.5 Å². The molecule has 1 aromatic carbocycles. The lowest BCUT2D eigenvalue weighted by atomic mass is 9.90. The summed E-state index contributed by atoms with van der Waals surface area (Å²) in [6, 6.07) is 8.60. The van der Waals surface area contributed by atoms with Gasteiger partial charge in [-0.2, -0.15) is 10.1 Å². The standard InChI is InChI=1S/C25H34N8O/c1-15-8-9-17(24(34)28-18-6-4-3-5-7-18)14-33(15)22-13-20(29-25(27-2)30-22)16-10-11-19-21(12-16)31-32-23(19)26/h10-13,15,17-18H,3-9,14H2,1-2H3,(H,28,34)(H3,26,31,32)(H,27,29,30)/t15?,17-/m0/s1. The van der Waals surface area contributed by atoms with Gasteiger partial charge in [-0.15, -0.1) is 0 Å². The maximum atomic E-state index is 13.1. The quantitative estimate of drug-likeness (QED) is 0.456. The average molecular weight is 463 g/mol. The van der Waals surface area contributed by atoms with Gasteiger partial charge in [-0.3, -0.25) is 9.89 Å². The SMILES string of the molecule is CNc1nc(-c2ccc3c(N)n[nH]c3c2)cc(N2C[C@@H](C(=O)NC3CCCCC3)CCC2C)n1. The van der Waals surface area contributed by atoms with Crippen LogP contribution in [-0.2, 0) is 4.79 Å². The van der Waals surface area contributed by atoms with Crippen LogP contribution in [0, 0.1) is 5.92 Å². The molecule has 1 unspecified atom stereocenters. The van der Waals surface area contributed by atoms with E-state index < -0.39 is 0 Å². The van der Waals surface area contributed by atoms with Crippen LogP contribution in [0.2, 0.25) is 0 Å². The first kappa shape index (κ1) is 22.4. The largest absolute Gasteiger partial charge is 0.382 e. The van der Waals surface area contributed by atoms with Crippen LogP contribution in [-0.4, -0.2) is 51.7 Å². The van der Waals surface area contributed by atoms with Gasteiger partial charge in [0.15, 0.2) is 5.82 Å². The number of nitrogen functional groups attached to an aromatic ring is 1. The van der Waals surface area contributed by atoms with Crippen molar-refractivity contribution >= 4 is 34.4 Å². The van der Waals surface area contributed by atoms with Crippen LogP contribution in [0.4, 0.5) is 17.6 Å². The molecule has 3 heterocycles. The molecular formula is C25H34N8O. The number of nitrogens with two attached hydrogens (primary N) is 1. The number of carbonyl (C=O) groups excluding carboxylic acids is 1. The molecule has 5 rings (SSSR count). The van der Waals surface area contributed by atoms with Crippen LogP contribution in [0.1, 0.15) is 51.9 Å². The number of amides is 1. The lowest BCUT2D eigenvalue weighted by molar-refractivity contribution is -0.126. The summed E-state index contributed by atoms with van der Waals surface area (Å²) in [5, 5.41) is 14.4. The Morgan fingerprint density at radius 1 is 1.12 bits per heavy atom. The van der Waals surface area contributed by atoms with Crippen LogP contribution in [0.25, 0.3) is 22.2 Å². The highest BCUT2D eigenvalue weighted by Crippen LogP contribution is 2.32. The Morgan fingerprint density at radius 2 is 1.94 bits per heavy atom. The van der Waals surface area contributed by atoms with Gasteiger partial charge in [0.1, 0.15) is 5.82 Å². The van der Waals surface area contributed by atoms with Crippen LogP contribution >= 0.6 is 0 Å². The van der Waals surface area contributed by atoms with Crippen molar-refractivity contribution in [3.63, 3.8) is 0 Å². The summed E-state index contributed by atoms with van der Waals surface area (Å²) in [5.74, 6) is 2.03. The molecule has 2 aliphatic rings. The van der Waals surface area contributed by atoms with Gasteiger partial charge < -0.3 is 21.3 Å². The number of hydrogen-bond acceptors (Lipinski definition) is 7. The van der Waals surface area contributed by atoms with Crippen LogP contribution in [0.15, 0.2) is 24.3 Å². The molecule has 2 atom stereocenters. The second-order valence-electron chi connectivity index (χ2n) is 9.67. The first-order chi connectivity index (χ1) is 16.5. The number of nitrogens with zero attached hydrogens (tertiary/aromatic N) is 4. The molecule has 2 fully saturated rings. The van der Waals surface area contributed by atoms with E-state index in [9.17, 15) is 4.79 Å². The Hall–Kier alpha value is -3.36. The molecule has 0 bridgehead atoms. The number of fused-ring (bicyclic) bond motifs is 1. The molecule has 3 aromatic rings. The minimum absolute atomic E-state index is 0.0288. The number of nitrogens with one attached hydrogen (secondary N) is 3. The molecule has 1 amide bonds. The van der Waals surface area contributed by atoms with Crippen LogP contribution in [0.5, 0.6) is 0 Å². The molecule has 0 radical (unpaired) electrons. The maximum absolute atomic E-state index is 13.1. The van der Waals surface area contributed by atoms with Gasteiger partial charge in [0.25, 0.3) is 0 Å². The van der Waals surface area contributed by atoms with Gasteiger partial charge in [-0.1, -0.05) is 25.3 Å². The van der Waals surface area contributed by atoms with Crippen molar-refractivity contribution in [1.29, 1.82) is 0 Å². The lowest BCUT2D eigenvalue weighted by Crippen LogP contribution is -2.49. The minimum atomic E-state index is -0.0288. The van der Waals surface area contributed by atoms with E-state index in [0.717, 1.165) is 53.7 Å². The van der Waals surface area contributed by atoms with Gasteiger partial charge in [0.05, 0.1) is 17.1 Å². The van der Waals surface area contributed by atoms with Gasteiger partial charge in [-0.05, 0) is 44.7 Å². The summed E-state index contributed by atoms with van der Waals surface area (Å²) < 4.78 is 0. The number of hydrogen-bond donors (Lipinski definition) is 4. The van der Waals surface area contributed by atoms with E-state index in [2.05, 4.69) is 32.7 Å². The van der Waals surface area contributed by atoms with Gasteiger partial charge in [0, 0.05) is 42.7 Å². The first-order valence-corrected chi connectivity index (χ1v) is 12.4. The Morgan fingerprint density at radius 3 is 2.74 bits per heavy atom. The Bertz CT molecular complexity index is 1170. The van der Waals surface area contributed by atoms with Crippen molar-refractivity contribution < 1.29 is 4.79 Å². The number of piperidine rings is 1.